The van der Waals surface area contributed by atoms with Gasteiger partial charge in [0.2, 0.25) is 5.91 Å². The first-order chi connectivity index (χ1) is 13.1. The maximum atomic E-state index is 11.7. The van der Waals surface area contributed by atoms with Gasteiger partial charge in [0.1, 0.15) is 25.1 Å². The summed E-state index contributed by atoms with van der Waals surface area (Å²) in [4.78, 5) is 23.0. The number of carbonyl (C=O) groups is 2. The van der Waals surface area contributed by atoms with Crippen LogP contribution in [-0.4, -0.2) is 36.4 Å². The highest BCUT2D eigenvalue weighted by molar-refractivity contribution is 5.93. The number of carbonyl (C=O) groups excluding carboxylic acids is 2. The zero-order valence-corrected chi connectivity index (χ0v) is 14.8. The third-order valence-corrected chi connectivity index (χ3v) is 4.11. The van der Waals surface area contributed by atoms with E-state index in [9.17, 15) is 14.7 Å². The van der Waals surface area contributed by atoms with Crippen LogP contribution >= 0.6 is 0 Å². The van der Waals surface area contributed by atoms with Gasteiger partial charge in [-0.15, -0.1) is 0 Å². The molecule has 0 saturated carbocycles. The third-order valence-electron chi connectivity index (χ3n) is 4.11. The van der Waals surface area contributed by atoms with Gasteiger partial charge in [-0.25, -0.2) is 4.79 Å². The van der Waals surface area contributed by atoms with E-state index in [0.29, 0.717) is 18.6 Å². The van der Waals surface area contributed by atoms with Crippen LogP contribution < -0.4 is 15.4 Å². The molecular formula is C20H22N2O5. The Kier molecular flexibility index (Phi) is 6.27. The summed E-state index contributed by atoms with van der Waals surface area (Å²) in [6, 6.07) is 14.7. The number of nitrogens with one attached hydrogen (secondary N) is 2. The molecule has 2 aromatic rings. The van der Waals surface area contributed by atoms with Crippen LogP contribution in [-0.2, 0) is 22.6 Å². The predicted octanol–water partition coefficient (Wildman–Crippen LogP) is 2.24. The van der Waals surface area contributed by atoms with E-state index in [1.54, 1.807) is 12.1 Å². The van der Waals surface area contributed by atoms with Crippen LogP contribution in [0, 0.1) is 0 Å². The molecule has 1 atom stereocenters. The van der Waals surface area contributed by atoms with Gasteiger partial charge >= 0.3 is 6.09 Å². The fourth-order valence-corrected chi connectivity index (χ4v) is 2.68. The van der Waals surface area contributed by atoms with Crippen molar-refractivity contribution >= 4 is 17.7 Å². The van der Waals surface area contributed by atoms with Crippen LogP contribution in [0.4, 0.5) is 10.5 Å². The first-order valence-electron chi connectivity index (χ1n) is 8.78. The average molecular weight is 370 g/mol. The molecule has 0 spiro atoms. The summed E-state index contributed by atoms with van der Waals surface area (Å²) < 4.78 is 10.6. The zero-order valence-electron chi connectivity index (χ0n) is 14.8. The SMILES string of the molecule is O=C1CCc2cc(OCC(O)CNC(=O)OCc3ccccc3)ccc2N1. The number of aliphatic hydroxyl groups excluding tert-OH is 1. The van der Waals surface area contributed by atoms with Crippen LogP contribution in [0.3, 0.4) is 0 Å². The van der Waals surface area contributed by atoms with Crippen molar-refractivity contribution in [3.63, 3.8) is 0 Å². The molecule has 1 aliphatic heterocycles. The smallest absolute Gasteiger partial charge is 0.407 e. The fourth-order valence-electron chi connectivity index (χ4n) is 2.68. The predicted molar refractivity (Wildman–Crippen MR) is 99.5 cm³/mol. The van der Waals surface area contributed by atoms with Crippen molar-refractivity contribution in [1.82, 2.24) is 5.32 Å². The number of aliphatic hydroxyl groups is 1. The van der Waals surface area contributed by atoms with Crippen LogP contribution in [0.1, 0.15) is 17.5 Å². The standard InChI is InChI=1S/C20H22N2O5/c23-16(11-21-20(25)27-12-14-4-2-1-3-5-14)13-26-17-7-8-18-15(10-17)6-9-19(24)22-18/h1-5,7-8,10,16,23H,6,9,11-13H2,(H,21,25)(H,22,24). The van der Waals surface area contributed by atoms with E-state index < -0.39 is 12.2 Å². The Hall–Kier alpha value is -3.06. The lowest BCUT2D eigenvalue weighted by molar-refractivity contribution is -0.116. The molecule has 1 heterocycles. The van der Waals surface area contributed by atoms with Crippen molar-refractivity contribution in [2.24, 2.45) is 0 Å². The second-order valence-electron chi connectivity index (χ2n) is 6.27. The van der Waals surface area contributed by atoms with Crippen molar-refractivity contribution in [3.8, 4) is 5.75 Å². The number of rotatable bonds is 7. The van der Waals surface area contributed by atoms with Crippen molar-refractivity contribution < 1.29 is 24.2 Å². The number of fused-ring (bicyclic) bond motifs is 1. The van der Waals surface area contributed by atoms with Crippen LogP contribution in [0.5, 0.6) is 5.75 Å². The number of aryl methyl sites for hydroxylation is 1. The normalized spacial score (nSPS) is 13.9. The minimum absolute atomic E-state index is 0.0109. The van der Waals surface area contributed by atoms with Gasteiger partial charge in [0.15, 0.2) is 0 Å². The van der Waals surface area contributed by atoms with Crippen molar-refractivity contribution in [2.45, 2.75) is 25.6 Å². The summed E-state index contributed by atoms with van der Waals surface area (Å²) in [6.45, 7) is 0.226. The van der Waals surface area contributed by atoms with Crippen LogP contribution in [0.25, 0.3) is 0 Å². The second kappa shape index (κ2) is 9.05. The van der Waals surface area contributed by atoms with E-state index in [0.717, 1.165) is 16.8 Å². The zero-order chi connectivity index (χ0) is 19.1. The molecule has 142 valence electrons. The van der Waals surface area contributed by atoms with Gasteiger partial charge in [0, 0.05) is 12.1 Å². The van der Waals surface area contributed by atoms with Crippen LogP contribution in [0.15, 0.2) is 48.5 Å². The summed E-state index contributed by atoms with van der Waals surface area (Å²) in [5.41, 5.74) is 2.69. The van der Waals surface area contributed by atoms with Gasteiger partial charge in [-0.3, -0.25) is 4.79 Å². The van der Waals surface area contributed by atoms with Gasteiger partial charge in [-0.05, 0) is 35.7 Å². The molecule has 0 aliphatic carbocycles. The Morgan fingerprint density at radius 2 is 2.00 bits per heavy atom. The maximum absolute atomic E-state index is 11.7. The van der Waals surface area contributed by atoms with Crippen molar-refractivity contribution in [1.29, 1.82) is 0 Å². The van der Waals surface area contributed by atoms with Gasteiger partial charge < -0.3 is 25.2 Å². The highest BCUT2D eigenvalue weighted by Crippen LogP contribution is 2.26. The second-order valence-corrected chi connectivity index (χ2v) is 6.27. The minimum atomic E-state index is -0.870. The Balaban J connectivity index is 1.37. The van der Waals surface area contributed by atoms with Gasteiger partial charge in [0.05, 0.1) is 6.54 Å². The lowest BCUT2D eigenvalue weighted by Gasteiger charge is -2.18. The molecule has 3 rings (SSSR count). The molecule has 0 radical (unpaired) electrons. The summed E-state index contributed by atoms with van der Waals surface area (Å²) in [5.74, 6) is 0.618. The molecule has 27 heavy (non-hydrogen) atoms. The summed E-state index contributed by atoms with van der Waals surface area (Å²) >= 11 is 0. The lowest BCUT2D eigenvalue weighted by atomic mass is 10.0. The molecule has 0 saturated heterocycles. The minimum Gasteiger partial charge on any atom is -0.491 e. The molecule has 1 aliphatic rings. The molecule has 7 nitrogen and oxygen atoms in total. The third kappa shape index (κ3) is 5.72. The largest absolute Gasteiger partial charge is 0.491 e. The first kappa shape index (κ1) is 18.7. The van der Waals surface area contributed by atoms with E-state index in [-0.39, 0.29) is 25.7 Å². The van der Waals surface area contributed by atoms with Gasteiger partial charge in [-0.1, -0.05) is 30.3 Å². The number of amides is 2. The highest BCUT2D eigenvalue weighted by atomic mass is 16.5. The molecule has 0 bridgehead atoms. The Bertz CT molecular complexity index is 794. The van der Waals surface area contributed by atoms with E-state index in [4.69, 9.17) is 9.47 Å². The van der Waals surface area contributed by atoms with E-state index in [2.05, 4.69) is 10.6 Å². The summed E-state index contributed by atoms with van der Waals surface area (Å²) in [5, 5.41) is 15.3. The Labute approximate surface area is 157 Å². The monoisotopic (exact) mass is 370 g/mol. The molecule has 0 aromatic heterocycles. The highest BCUT2D eigenvalue weighted by Gasteiger charge is 2.15. The van der Waals surface area contributed by atoms with Crippen molar-refractivity contribution in [3.05, 3.63) is 59.7 Å². The number of benzene rings is 2. The topological polar surface area (TPSA) is 96.9 Å². The molecule has 0 fully saturated rings. The summed E-state index contributed by atoms with van der Waals surface area (Å²) in [7, 11) is 0. The number of hydrogen-bond acceptors (Lipinski definition) is 5. The van der Waals surface area contributed by atoms with E-state index >= 15 is 0 Å². The fraction of sp³-hybridized carbons (Fsp3) is 0.300. The molecular weight excluding hydrogens is 348 g/mol. The number of alkyl carbamates (subject to hydrolysis) is 1. The summed E-state index contributed by atoms with van der Waals surface area (Å²) in [6.07, 6.45) is -0.350. The van der Waals surface area contributed by atoms with Crippen LogP contribution in [0.2, 0.25) is 0 Å². The van der Waals surface area contributed by atoms with Crippen molar-refractivity contribution in [2.75, 3.05) is 18.5 Å². The molecule has 7 heteroatoms. The van der Waals surface area contributed by atoms with Gasteiger partial charge in [-0.2, -0.15) is 0 Å². The first-order valence-corrected chi connectivity index (χ1v) is 8.78. The van der Waals surface area contributed by atoms with E-state index in [1.807, 2.05) is 36.4 Å². The average Bonchev–Trinajstić information content (AvgIpc) is 2.69. The number of ether oxygens (including phenoxy) is 2. The molecule has 1 unspecified atom stereocenters. The number of anilines is 1. The number of hydrogen-bond donors (Lipinski definition) is 3. The Morgan fingerprint density at radius 3 is 2.81 bits per heavy atom. The molecule has 2 amide bonds. The van der Waals surface area contributed by atoms with Gasteiger partial charge in [0.25, 0.3) is 0 Å². The molecule has 2 aromatic carbocycles. The van der Waals surface area contributed by atoms with E-state index in [1.165, 1.54) is 0 Å². The Morgan fingerprint density at radius 1 is 1.19 bits per heavy atom. The molecule has 3 N–H and O–H groups in total. The lowest BCUT2D eigenvalue weighted by Crippen LogP contribution is -2.35. The quantitative estimate of drug-likeness (QED) is 0.695. The maximum Gasteiger partial charge on any atom is 0.407 e.